The van der Waals surface area contributed by atoms with Gasteiger partial charge in [-0.15, -0.1) is 0 Å². The molecular weight excluding hydrogens is 476 g/mol. The molecule has 37 heavy (non-hydrogen) atoms. The minimum Gasteiger partial charge on any atom is -0.344 e. The Kier molecular flexibility index (Phi) is 5.74. The summed E-state index contributed by atoms with van der Waals surface area (Å²) in [6.07, 6.45) is -3.12. The standard InChI is InChI=1S/C27H28N4O6/c1-27(2)36-22-20(16-32)35-25(23(22)37-27)31-19(15-21(33)28-26(31)34)24-29(17-9-5-3-6-10-17)13-14-30(24)18-11-7-4-8-12-18/h3-12,15-16,20,22-25H,13-14H2,1-2H3,(H,28,33,34)/t20-,22-,23-,25-/m1/s1. The van der Waals surface area contributed by atoms with E-state index in [4.69, 9.17) is 14.2 Å². The average molecular weight is 505 g/mol. The van der Waals surface area contributed by atoms with Crippen LogP contribution in [0.1, 0.15) is 31.9 Å². The predicted octanol–water partition coefficient (Wildman–Crippen LogP) is 2.18. The van der Waals surface area contributed by atoms with Crippen LogP contribution in [0.4, 0.5) is 11.4 Å². The van der Waals surface area contributed by atoms with E-state index in [1.807, 2.05) is 60.7 Å². The molecule has 0 bridgehead atoms. The highest BCUT2D eigenvalue weighted by Crippen LogP contribution is 2.44. The third-order valence-electron chi connectivity index (χ3n) is 7.07. The van der Waals surface area contributed by atoms with Crippen LogP contribution in [-0.4, -0.2) is 53.0 Å². The van der Waals surface area contributed by atoms with Crippen LogP contribution in [0.5, 0.6) is 0 Å². The first-order chi connectivity index (χ1) is 17.9. The number of para-hydroxylation sites is 2. The molecule has 1 N–H and O–H groups in total. The Hall–Kier alpha value is -3.73. The maximum absolute atomic E-state index is 13.4. The van der Waals surface area contributed by atoms with Crippen molar-refractivity contribution >= 4 is 17.7 Å². The van der Waals surface area contributed by atoms with Crippen LogP contribution in [0.25, 0.3) is 0 Å². The Morgan fingerprint density at radius 2 is 1.46 bits per heavy atom. The van der Waals surface area contributed by atoms with E-state index in [-0.39, 0.29) is 0 Å². The van der Waals surface area contributed by atoms with Crippen molar-refractivity contribution in [2.45, 2.75) is 50.3 Å². The lowest BCUT2D eigenvalue weighted by molar-refractivity contribution is -0.195. The Bertz CT molecular complexity index is 1360. The average Bonchev–Trinajstić information content (AvgIpc) is 3.55. The monoisotopic (exact) mass is 504 g/mol. The number of anilines is 2. The van der Waals surface area contributed by atoms with E-state index in [1.165, 1.54) is 10.6 Å². The number of carbonyl (C=O) groups is 1. The van der Waals surface area contributed by atoms with Gasteiger partial charge >= 0.3 is 5.69 Å². The fourth-order valence-corrected chi connectivity index (χ4v) is 5.64. The van der Waals surface area contributed by atoms with Gasteiger partial charge in [-0.3, -0.25) is 14.3 Å². The molecule has 3 aromatic rings. The number of nitrogens with one attached hydrogen (secondary N) is 1. The molecule has 10 heteroatoms. The molecule has 0 amide bonds. The van der Waals surface area contributed by atoms with Crippen molar-refractivity contribution in [1.82, 2.24) is 9.55 Å². The van der Waals surface area contributed by atoms with Crippen molar-refractivity contribution < 1.29 is 19.0 Å². The molecule has 3 aliphatic heterocycles. The van der Waals surface area contributed by atoms with Gasteiger partial charge in [-0.25, -0.2) is 4.79 Å². The van der Waals surface area contributed by atoms with Crippen molar-refractivity contribution in [1.29, 1.82) is 0 Å². The van der Waals surface area contributed by atoms with Gasteiger partial charge < -0.3 is 28.8 Å². The SMILES string of the molecule is CC1(C)O[C@@H]2[C@H](O1)[C@@H](C=O)O[C@H]2n1c(C2N(c3ccccc3)CCN2c2ccccc2)cc(=O)[nH]c1=O. The summed E-state index contributed by atoms with van der Waals surface area (Å²) in [6.45, 7) is 4.83. The van der Waals surface area contributed by atoms with Crippen molar-refractivity contribution in [3.63, 3.8) is 0 Å². The van der Waals surface area contributed by atoms with E-state index >= 15 is 0 Å². The van der Waals surface area contributed by atoms with Crippen LogP contribution in [0, 0.1) is 0 Å². The van der Waals surface area contributed by atoms with Crippen LogP contribution >= 0.6 is 0 Å². The number of aromatic nitrogens is 2. The van der Waals surface area contributed by atoms with Crippen LogP contribution < -0.4 is 21.0 Å². The molecule has 10 nitrogen and oxygen atoms in total. The van der Waals surface area contributed by atoms with Gasteiger partial charge in [0.15, 0.2) is 18.3 Å². The van der Waals surface area contributed by atoms with Crippen LogP contribution in [0.3, 0.4) is 0 Å². The second-order valence-corrected chi connectivity index (χ2v) is 9.86. The highest BCUT2D eigenvalue weighted by Gasteiger charge is 2.57. The molecule has 0 saturated carbocycles. The third kappa shape index (κ3) is 4.07. The van der Waals surface area contributed by atoms with Gasteiger partial charge in [0.2, 0.25) is 0 Å². The normalized spacial score (nSPS) is 27.0. The number of rotatable bonds is 5. The van der Waals surface area contributed by atoms with Crippen LogP contribution in [0.15, 0.2) is 76.3 Å². The minimum atomic E-state index is -0.975. The number of aldehydes is 1. The fraction of sp³-hybridized carbons (Fsp3) is 0.370. The number of carbonyl (C=O) groups excluding carboxylic acids is 1. The molecule has 4 atom stereocenters. The fourth-order valence-electron chi connectivity index (χ4n) is 5.64. The number of benzene rings is 2. The lowest BCUT2D eigenvalue weighted by Gasteiger charge is -2.35. The van der Waals surface area contributed by atoms with Crippen LogP contribution in [0.2, 0.25) is 0 Å². The summed E-state index contributed by atoms with van der Waals surface area (Å²) in [5.41, 5.74) is 1.17. The van der Waals surface area contributed by atoms with E-state index in [9.17, 15) is 14.4 Å². The lowest BCUT2D eigenvalue weighted by Crippen LogP contribution is -2.44. The zero-order chi connectivity index (χ0) is 25.7. The molecule has 0 spiro atoms. The first-order valence-electron chi connectivity index (χ1n) is 12.3. The molecule has 0 aliphatic carbocycles. The largest absolute Gasteiger partial charge is 0.344 e. The summed E-state index contributed by atoms with van der Waals surface area (Å²) in [4.78, 5) is 44.7. The predicted molar refractivity (Wildman–Crippen MR) is 135 cm³/mol. The smallest absolute Gasteiger partial charge is 0.330 e. The summed E-state index contributed by atoms with van der Waals surface area (Å²) in [5.74, 6) is -0.954. The van der Waals surface area contributed by atoms with Gasteiger partial charge in [0.05, 0.1) is 5.69 Å². The lowest BCUT2D eigenvalue weighted by atomic mass is 10.1. The Balaban J connectivity index is 1.52. The quantitative estimate of drug-likeness (QED) is 0.527. The maximum atomic E-state index is 13.4. The first-order valence-corrected chi connectivity index (χ1v) is 12.3. The maximum Gasteiger partial charge on any atom is 0.330 e. The highest BCUT2D eigenvalue weighted by atomic mass is 16.8. The summed E-state index contributed by atoms with van der Waals surface area (Å²) >= 11 is 0. The number of nitrogens with zero attached hydrogens (tertiary/aromatic N) is 3. The van der Waals surface area contributed by atoms with E-state index in [2.05, 4.69) is 14.8 Å². The Morgan fingerprint density at radius 3 is 2.03 bits per heavy atom. The zero-order valence-electron chi connectivity index (χ0n) is 20.5. The molecular formula is C27H28N4O6. The molecule has 3 aliphatic rings. The molecule has 1 aromatic heterocycles. The molecule has 192 valence electrons. The summed E-state index contributed by atoms with van der Waals surface area (Å²) in [5, 5.41) is 0. The molecule has 6 rings (SSSR count). The number of aromatic amines is 1. The number of hydrogen-bond donors (Lipinski definition) is 1. The highest BCUT2D eigenvalue weighted by molar-refractivity contribution is 5.59. The molecule has 2 aromatic carbocycles. The number of fused-ring (bicyclic) bond motifs is 1. The van der Waals surface area contributed by atoms with Crippen molar-refractivity contribution in [2.75, 3.05) is 22.9 Å². The third-order valence-corrected chi connectivity index (χ3v) is 7.07. The van der Waals surface area contributed by atoms with Crippen molar-refractivity contribution in [3.05, 3.63) is 93.3 Å². The summed E-state index contributed by atoms with van der Waals surface area (Å²) in [6, 6.07) is 21.1. The molecule has 0 unspecified atom stereocenters. The summed E-state index contributed by atoms with van der Waals surface area (Å²) < 4.78 is 19.5. The number of hydrogen-bond acceptors (Lipinski definition) is 8. The van der Waals surface area contributed by atoms with Crippen molar-refractivity contribution in [3.8, 4) is 0 Å². The summed E-state index contributed by atoms with van der Waals surface area (Å²) in [7, 11) is 0. The Labute approximate surface area is 213 Å². The van der Waals surface area contributed by atoms with Gasteiger partial charge in [0, 0.05) is 30.5 Å². The van der Waals surface area contributed by atoms with Gasteiger partial charge in [0.25, 0.3) is 5.56 Å². The van der Waals surface area contributed by atoms with Crippen molar-refractivity contribution in [2.24, 2.45) is 0 Å². The zero-order valence-corrected chi connectivity index (χ0v) is 20.5. The second kappa shape index (κ2) is 8.98. The van der Waals surface area contributed by atoms with E-state index in [0.717, 1.165) is 11.4 Å². The first kappa shape index (κ1) is 23.7. The second-order valence-electron chi connectivity index (χ2n) is 9.86. The van der Waals surface area contributed by atoms with Gasteiger partial charge in [-0.05, 0) is 38.1 Å². The molecule has 0 radical (unpaired) electrons. The minimum absolute atomic E-state index is 0.433. The van der Waals surface area contributed by atoms with E-state index < -0.39 is 47.7 Å². The van der Waals surface area contributed by atoms with E-state index in [0.29, 0.717) is 25.1 Å². The topological polar surface area (TPSA) is 106 Å². The van der Waals surface area contributed by atoms with Gasteiger partial charge in [-0.2, -0.15) is 0 Å². The molecule has 4 heterocycles. The van der Waals surface area contributed by atoms with Gasteiger partial charge in [0.1, 0.15) is 24.5 Å². The van der Waals surface area contributed by atoms with E-state index in [1.54, 1.807) is 13.8 Å². The molecule has 3 fully saturated rings. The number of H-pyrrole nitrogens is 1. The molecule has 3 saturated heterocycles. The van der Waals surface area contributed by atoms with Crippen LogP contribution in [-0.2, 0) is 19.0 Å². The Morgan fingerprint density at radius 1 is 0.892 bits per heavy atom. The van der Waals surface area contributed by atoms with Gasteiger partial charge in [-0.1, -0.05) is 36.4 Å². The number of ether oxygens (including phenoxy) is 3.